The molecule has 1 fully saturated rings. The van der Waals surface area contributed by atoms with E-state index in [1.807, 2.05) is 0 Å². The van der Waals surface area contributed by atoms with Gasteiger partial charge in [0.2, 0.25) is 5.13 Å². The fraction of sp³-hybridized carbons (Fsp3) is 0.833. The van der Waals surface area contributed by atoms with Crippen LogP contribution in [0.25, 0.3) is 0 Å². The van der Waals surface area contributed by atoms with E-state index < -0.39 is 0 Å². The van der Waals surface area contributed by atoms with Crippen LogP contribution in [0.5, 0.6) is 0 Å². The molecule has 0 saturated heterocycles. The zero-order valence-electron chi connectivity index (χ0n) is 10.2. The molecule has 1 N–H and O–H groups in total. The maximum absolute atomic E-state index is 4.60. The lowest BCUT2D eigenvalue weighted by Crippen LogP contribution is -2.12. The molecule has 2 atom stereocenters. The first-order valence-electron chi connectivity index (χ1n) is 6.37. The summed E-state index contributed by atoms with van der Waals surface area (Å²) in [6.07, 6.45) is 6.39. The molecule has 0 bridgehead atoms. The second-order valence-electron chi connectivity index (χ2n) is 4.85. The molecule has 1 aromatic rings. The quantitative estimate of drug-likeness (QED) is 0.871. The Morgan fingerprint density at radius 1 is 1.44 bits per heavy atom. The van der Waals surface area contributed by atoms with Crippen molar-refractivity contribution >= 4 is 16.7 Å². The first kappa shape index (κ1) is 11.8. The predicted octanol–water partition coefficient (Wildman–Crippen LogP) is 3.65. The van der Waals surface area contributed by atoms with Crippen molar-refractivity contribution in [2.75, 3.05) is 11.9 Å². The van der Waals surface area contributed by atoms with Crippen molar-refractivity contribution in [2.24, 2.45) is 5.92 Å². The number of hydrogen-bond acceptors (Lipinski definition) is 4. The van der Waals surface area contributed by atoms with Gasteiger partial charge in [-0.3, -0.25) is 0 Å². The molecule has 1 saturated carbocycles. The highest BCUT2D eigenvalue weighted by Gasteiger charge is 2.23. The summed E-state index contributed by atoms with van der Waals surface area (Å²) in [6.45, 7) is 5.50. The van der Waals surface area contributed by atoms with E-state index in [1.165, 1.54) is 37.2 Å². The van der Waals surface area contributed by atoms with Crippen LogP contribution in [0, 0.1) is 5.92 Å². The Hall–Kier alpha value is -0.640. The van der Waals surface area contributed by atoms with Crippen molar-refractivity contribution in [3.05, 3.63) is 5.82 Å². The lowest BCUT2D eigenvalue weighted by Gasteiger charge is -2.24. The van der Waals surface area contributed by atoms with Gasteiger partial charge in [0.25, 0.3) is 0 Å². The summed E-state index contributed by atoms with van der Waals surface area (Å²) < 4.78 is 4.50. The fourth-order valence-corrected chi connectivity index (χ4v) is 3.04. The lowest BCUT2D eigenvalue weighted by atomic mass is 9.82. The third kappa shape index (κ3) is 2.94. The van der Waals surface area contributed by atoms with Gasteiger partial charge in [-0.15, -0.1) is 0 Å². The molecule has 90 valence electrons. The molecule has 0 aromatic carbocycles. The zero-order chi connectivity index (χ0) is 11.4. The van der Waals surface area contributed by atoms with Crippen molar-refractivity contribution in [1.29, 1.82) is 0 Å². The van der Waals surface area contributed by atoms with Crippen LogP contribution in [0.15, 0.2) is 0 Å². The average molecular weight is 239 g/mol. The van der Waals surface area contributed by atoms with E-state index in [0.29, 0.717) is 5.92 Å². The van der Waals surface area contributed by atoms with Crippen molar-refractivity contribution < 1.29 is 0 Å². The van der Waals surface area contributed by atoms with Crippen molar-refractivity contribution in [2.45, 2.75) is 51.9 Å². The van der Waals surface area contributed by atoms with Crippen LogP contribution in [0.4, 0.5) is 5.13 Å². The number of anilines is 1. The highest BCUT2D eigenvalue weighted by molar-refractivity contribution is 7.09. The highest BCUT2D eigenvalue weighted by Crippen LogP contribution is 2.35. The largest absolute Gasteiger partial charge is 0.360 e. The summed E-state index contributed by atoms with van der Waals surface area (Å²) in [5.41, 5.74) is 0. The van der Waals surface area contributed by atoms with E-state index in [4.69, 9.17) is 0 Å². The Morgan fingerprint density at radius 2 is 2.31 bits per heavy atom. The molecule has 0 spiro atoms. The van der Waals surface area contributed by atoms with Gasteiger partial charge in [-0.05, 0) is 25.2 Å². The summed E-state index contributed by atoms with van der Waals surface area (Å²) in [4.78, 5) is 4.60. The van der Waals surface area contributed by atoms with Crippen LogP contribution < -0.4 is 5.32 Å². The maximum Gasteiger partial charge on any atom is 0.202 e. The first-order chi connectivity index (χ1) is 7.79. The molecule has 0 amide bonds. The number of nitrogens with one attached hydrogen (secondary N) is 1. The molecule has 1 aliphatic rings. The molecule has 2 unspecified atom stereocenters. The van der Waals surface area contributed by atoms with Gasteiger partial charge >= 0.3 is 0 Å². The van der Waals surface area contributed by atoms with Gasteiger partial charge < -0.3 is 5.32 Å². The van der Waals surface area contributed by atoms with Crippen LogP contribution in [-0.2, 0) is 0 Å². The van der Waals surface area contributed by atoms with Crippen molar-refractivity contribution in [1.82, 2.24) is 9.36 Å². The van der Waals surface area contributed by atoms with Crippen LogP contribution in [-0.4, -0.2) is 15.9 Å². The fourth-order valence-electron chi connectivity index (χ4n) is 2.37. The van der Waals surface area contributed by atoms with Crippen molar-refractivity contribution in [3.63, 3.8) is 0 Å². The smallest absolute Gasteiger partial charge is 0.202 e. The number of rotatable bonds is 4. The predicted molar refractivity (Wildman–Crippen MR) is 69.1 cm³/mol. The topological polar surface area (TPSA) is 37.8 Å². The molecule has 0 aliphatic heterocycles. The summed E-state index contributed by atoms with van der Waals surface area (Å²) in [7, 11) is 0. The first-order valence-corrected chi connectivity index (χ1v) is 7.14. The van der Waals surface area contributed by atoms with E-state index in [2.05, 4.69) is 28.5 Å². The zero-order valence-corrected chi connectivity index (χ0v) is 11.0. The van der Waals surface area contributed by atoms with Gasteiger partial charge in [-0.1, -0.05) is 26.7 Å². The van der Waals surface area contributed by atoms with Crippen molar-refractivity contribution in [3.8, 4) is 0 Å². The van der Waals surface area contributed by atoms with Gasteiger partial charge in [-0.2, -0.15) is 4.37 Å². The normalized spacial score (nSPS) is 25.6. The van der Waals surface area contributed by atoms with Gasteiger partial charge in [0.05, 0.1) is 0 Å². The summed E-state index contributed by atoms with van der Waals surface area (Å²) >= 11 is 1.51. The van der Waals surface area contributed by atoms with Crippen LogP contribution in [0.3, 0.4) is 0 Å². The Morgan fingerprint density at radius 3 is 3.06 bits per heavy atom. The summed E-state index contributed by atoms with van der Waals surface area (Å²) in [5.74, 6) is 2.53. The molecular weight excluding hydrogens is 218 g/mol. The molecule has 1 aliphatic carbocycles. The maximum atomic E-state index is 4.60. The van der Waals surface area contributed by atoms with E-state index >= 15 is 0 Å². The second-order valence-corrected chi connectivity index (χ2v) is 5.61. The SMILES string of the molecule is CCCNc1nc(C2CCCC(C)C2)ns1. The molecule has 16 heavy (non-hydrogen) atoms. The molecule has 1 aromatic heterocycles. The average Bonchev–Trinajstić information content (AvgIpc) is 2.75. The lowest BCUT2D eigenvalue weighted by molar-refractivity contribution is 0.337. The molecule has 1 heterocycles. The number of nitrogens with zero attached hydrogens (tertiary/aromatic N) is 2. The standard InChI is InChI=1S/C12H21N3S/c1-3-7-13-12-14-11(15-16-12)10-6-4-5-9(2)8-10/h9-10H,3-8H2,1-2H3,(H,13,14,15). The third-order valence-corrected chi connectivity index (χ3v) is 3.96. The molecule has 3 nitrogen and oxygen atoms in total. The van der Waals surface area contributed by atoms with Gasteiger partial charge in [0.15, 0.2) is 0 Å². The minimum atomic E-state index is 0.608. The van der Waals surface area contributed by atoms with E-state index in [1.54, 1.807) is 0 Å². The van der Waals surface area contributed by atoms with Crippen LogP contribution >= 0.6 is 11.5 Å². The van der Waals surface area contributed by atoms with Crippen LogP contribution in [0.2, 0.25) is 0 Å². The Balaban J connectivity index is 1.95. The Labute approximate surface area is 102 Å². The van der Waals surface area contributed by atoms with E-state index in [0.717, 1.165) is 29.8 Å². The molecule has 0 radical (unpaired) electrons. The van der Waals surface area contributed by atoms with Gasteiger partial charge in [-0.25, -0.2) is 4.98 Å². The molecule has 2 rings (SSSR count). The van der Waals surface area contributed by atoms with Gasteiger partial charge in [0, 0.05) is 24.0 Å². The molecule has 4 heteroatoms. The second kappa shape index (κ2) is 5.62. The summed E-state index contributed by atoms with van der Waals surface area (Å²) in [5, 5.41) is 4.31. The monoisotopic (exact) mass is 239 g/mol. The molecular formula is C12H21N3S. The minimum absolute atomic E-state index is 0.608. The highest BCUT2D eigenvalue weighted by atomic mass is 32.1. The van der Waals surface area contributed by atoms with Gasteiger partial charge in [0.1, 0.15) is 5.82 Å². The Kier molecular flexibility index (Phi) is 4.16. The Bertz CT molecular complexity index is 324. The number of hydrogen-bond donors (Lipinski definition) is 1. The van der Waals surface area contributed by atoms with Crippen LogP contribution in [0.1, 0.15) is 57.7 Å². The van der Waals surface area contributed by atoms with E-state index in [9.17, 15) is 0 Å². The summed E-state index contributed by atoms with van der Waals surface area (Å²) in [6, 6.07) is 0. The third-order valence-electron chi connectivity index (χ3n) is 3.27. The van der Waals surface area contributed by atoms with E-state index in [-0.39, 0.29) is 0 Å². The number of aromatic nitrogens is 2. The minimum Gasteiger partial charge on any atom is -0.360 e.